The summed E-state index contributed by atoms with van der Waals surface area (Å²) in [5, 5.41) is 24.3. The van der Waals surface area contributed by atoms with Gasteiger partial charge in [-0.05, 0) is 47.5 Å². The molecule has 0 aliphatic carbocycles. The zero-order valence-electron chi connectivity index (χ0n) is 19.6. The summed E-state index contributed by atoms with van der Waals surface area (Å²) < 4.78 is 57.4. The molecule has 0 N–H and O–H groups in total. The van der Waals surface area contributed by atoms with Crippen LogP contribution in [-0.4, -0.2) is 62.9 Å². The second-order valence-electron chi connectivity index (χ2n) is 7.91. The molecule has 0 heterocycles. The highest BCUT2D eigenvalue weighted by Crippen LogP contribution is 2.31. The third-order valence-electron chi connectivity index (χ3n) is 5.45. The number of rotatable bonds is 11. The Morgan fingerprint density at radius 1 is 0.947 bits per heavy atom. The van der Waals surface area contributed by atoms with Gasteiger partial charge in [0, 0.05) is 17.6 Å². The number of ether oxygens (including phenoxy) is 1. The highest BCUT2D eigenvalue weighted by molar-refractivity contribution is 7.91. The third kappa shape index (κ3) is 6.42. The van der Waals surface area contributed by atoms with Crippen molar-refractivity contribution >= 4 is 59.6 Å². The molecule has 0 aliphatic rings. The van der Waals surface area contributed by atoms with Crippen molar-refractivity contribution in [2.24, 2.45) is 0 Å². The molecule has 0 aliphatic heterocycles. The van der Waals surface area contributed by atoms with E-state index in [0.29, 0.717) is 26.8 Å². The predicted molar refractivity (Wildman–Crippen MR) is 136 cm³/mol. The molecule has 16 heteroatoms. The van der Waals surface area contributed by atoms with Gasteiger partial charge in [-0.15, -0.1) is 0 Å². The van der Waals surface area contributed by atoms with Crippen molar-refractivity contribution in [1.29, 1.82) is 0 Å². The number of non-ortho nitro benzene ring substituents is 1. The Hall–Kier alpha value is -3.66. The molecular formula is C22H20ClN3O10S2. The van der Waals surface area contributed by atoms with Crippen molar-refractivity contribution < 1.29 is 36.2 Å². The number of methoxy groups -OCH3 is 1. The van der Waals surface area contributed by atoms with Crippen LogP contribution in [-0.2, 0) is 29.4 Å². The van der Waals surface area contributed by atoms with E-state index in [1.165, 1.54) is 12.1 Å². The second-order valence-corrected chi connectivity index (χ2v) is 12.4. The molecule has 0 aromatic heterocycles. The molecule has 0 amide bonds. The van der Waals surface area contributed by atoms with E-state index in [1.807, 2.05) is 0 Å². The first-order valence-corrected chi connectivity index (χ1v) is 14.1. The highest BCUT2D eigenvalue weighted by atomic mass is 35.5. The summed E-state index contributed by atoms with van der Waals surface area (Å²) in [6.45, 7) is -1.39. The lowest BCUT2D eigenvalue weighted by molar-refractivity contribution is -0.396. The summed E-state index contributed by atoms with van der Waals surface area (Å²) in [6, 6.07) is 11.3. The van der Waals surface area contributed by atoms with Gasteiger partial charge in [-0.2, -0.15) is 4.31 Å². The molecule has 0 saturated carbocycles. The van der Waals surface area contributed by atoms with E-state index in [-0.39, 0.29) is 11.3 Å². The number of nitro groups is 2. The number of halogens is 1. The van der Waals surface area contributed by atoms with Gasteiger partial charge in [0.1, 0.15) is 6.54 Å². The number of nitrogens with zero attached hydrogens (tertiary/aromatic N) is 3. The van der Waals surface area contributed by atoms with E-state index in [2.05, 4.69) is 4.74 Å². The fraction of sp³-hybridized carbons (Fsp3) is 0.227. The Kier molecular flexibility index (Phi) is 8.66. The first kappa shape index (κ1) is 28.9. The summed E-state index contributed by atoms with van der Waals surface area (Å²) in [5.74, 6) is -1.52. The zero-order chi connectivity index (χ0) is 28.3. The molecule has 3 aromatic carbocycles. The zero-order valence-corrected chi connectivity index (χ0v) is 22.0. The minimum atomic E-state index is -4.78. The van der Waals surface area contributed by atoms with Gasteiger partial charge in [-0.25, -0.2) is 16.8 Å². The van der Waals surface area contributed by atoms with Gasteiger partial charge in [0.15, 0.2) is 14.7 Å². The Balaban J connectivity index is 1.89. The van der Waals surface area contributed by atoms with E-state index in [4.69, 9.17) is 11.6 Å². The van der Waals surface area contributed by atoms with E-state index < -0.39 is 70.8 Å². The number of nitro benzene ring substituents is 2. The topological polar surface area (TPSA) is 184 Å². The summed E-state index contributed by atoms with van der Waals surface area (Å²) in [6.07, 6.45) is -0.280. The number of hydrogen-bond donors (Lipinski definition) is 0. The van der Waals surface area contributed by atoms with Gasteiger partial charge < -0.3 is 4.74 Å². The SMILES string of the molecule is COC(=O)CN(CCCS(=O)(=O)c1ccc2cc(Cl)ccc2c1)S(=O)(=O)c1ccc([N+](=O)[O-])cc1[N+](=O)[O-]. The van der Waals surface area contributed by atoms with Gasteiger partial charge in [-0.3, -0.25) is 25.0 Å². The molecule has 202 valence electrons. The van der Waals surface area contributed by atoms with Crippen LogP contribution in [0.25, 0.3) is 10.8 Å². The van der Waals surface area contributed by atoms with Crippen molar-refractivity contribution in [2.45, 2.75) is 16.2 Å². The largest absolute Gasteiger partial charge is 0.468 e. The number of hydrogen-bond acceptors (Lipinski definition) is 10. The lowest BCUT2D eigenvalue weighted by Crippen LogP contribution is -2.37. The molecule has 0 spiro atoms. The first-order chi connectivity index (χ1) is 17.8. The average Bonchev–Trinajstić information content (AvgIpc) is 2.86. The maximum Gasteiger partial charge on any atom is 0.321 e. The summed E-state index contributed by atoms with van der Waals surface area (Å²) >= 11 is 5.95. The number of fused-ring (bicyclic) bond motifs is 1. The maximum atomic E-state index is 13.3. The predicted octanol–water partition coefficient (Wildman–Crippen LogP) is 3.34. The van der Waals surface area contributed by atoms with Crippen molar-refractivity contribution in [3.05, 3.63) is 79.8 Å². The molecule has 0 atom stereocenters. The Morgan fingerprint density at radius 2 is 1.61 bits per heavy atom. The molecule has 0 radical (unpaired) electrons. The number of sulfone groups is 1. The minimum absolute atomic E-state index is 0.0132. The molecule has 3 aromatic rings. The highest BCUT2D eigenvalue weighted by Gasteiger charge is 2.34. The van der Waals surface area contributed by atoms with Crippen LogP contribution in [0.5, 0.6) is 0 Å². The maximum absolute atomic E-state index is 13.3. The van der Waals surface area contributed by atoms with Crippen LogP contribution in [0.2, 0.25) is 5.02 Å². The van der Waals surface area contributed by atoms with Gasteiger partial charge in [0.25, 0.3) is 11.4 Å². The van der Waals surface area contributed by atoms with Crippen LogP contribution in [0, 0.1) is 20.2 Å². The van der Waals surface area contributed by atoms with E-state index in [0.717, 1.165) is 18.6 Å². The van der Waals surface area contributed by atoms with E-state index in [1.54, 1.807) is 24.3 Å². The Morgan fingerprint density at radius 3 is 2.24 bits per heavy atom. The lowest BCUT2D eigenvalue weighted by Gasteiger charge is -2.21. The minimum Gasteiger partial charge on any atom is -0.468 e. The molecule has 0 unspecified atom stereocenters. The molecule has 0 saturated heterocycles. The van der Waals surface area contributed by atoms with Crippen molar-refractivity contribution in [3.63, 3.8) is 0 Å². The molecule has 3 rings (SSSR count). The fourth-order valence-corrected chi connectivity index (χ4v) is 6.62. The van der Waals surface area contributed by atoms with Crippen LogP contribution in [0.3, 0.4) is 0 Å². The van der Waals surface area contributed by atoms with Crippen LogP contribution < -0.4 is 0 Å². The van der Waals surface area contributed by atoms with Crippen molar-refractivity contribution in [2.75, 3.05) is 26.0 Å². The lowest BCUT2D eigenvalue weighted by atomic mass is 10.1. The molecule has 0 fully saturated rings. The summed E-state index contributed by atoms with van der Waals surface area (Å²) in [4.78, 5) is 31.4. The van der Waals surface area contributed by atoms with Gasteiger partial charge in [-0.1, -0.05) is 23.7 Å². The van der Waals surface area contributed by atoms with Crippen LogP contribution >= 0.6 is 11.6 Å². The Bertz CT molecular complexity index is 1640. The van der Waals surface area contributed by atoms with Crippen LogP contribution in [0.1, 0.15) is 6.42 Å². The third-order valence-corrected chi connectivity index (χ3v) is 9.38. The van der Waals surface area contributed by atoms with E-state index in [9.17, 15) is 41.9 Å². The molecule has 38 heavy (non-hydrogen) atoms. The number of carbonyl (C=O) groups is 1. The molecular weight excluding hydrogens is 566 g/mol. The van der Waals surface area contributed by atoms with Gasteiger partial charge in [0.2, 0.25) is 10.0 Å². The second kappa shape index (κ2) is 11.4. The number of carbonyl (C=O) groups excluding carboxylic acids is 1. The summed E-state index contributed by atoms with van der Waals surface area (Å²) in [5.41, 5.74) is -1.78. The van der Waals surface area contributed by atoms with Crippen LogP contribution in [0.15, 0.2) is 64.4 Å². The molecule has 0 bridgehead atoms. The van der Waals surface area contributed by atoms with Crippen molar-refractivity contribution in [3.8, 4) is 0 Å². The fourth-order valence-electron chi connectivity index (χ4n) is 3.55. The number of sulfonamides is 1. The first-order valence-electron chi connectivity index (χ1n) is 10.7. The van der Waals surface area contributed by atoms with Gasteiger partial charge in [0.05, 0.1) is 33.7 Å². The number of benzene rings is 3. The van der Waals surface area contributed by atoms with Crippen LogP contribution in [0.4, 0.5) is 11.4 Å². The normalized spacial score (nSPS) is 12.0. The quantitative estimate of drug-likeness (QED) is 0.183. The summed E-state index contributed by atoms with van der Waals surface area (Å²) in [7, 11) is -7.67. The average molecular weight is 586 g/mol. The Labute approximate surface area is 221 Å². The molecule has 13 nitrogen and oxygen atoms in total. The van der Waals surface area contributed by atoms with Crippen molar-refractivity contribution in [1.82, 2.24) is 4.31 Å². The van der Waals surface area contributed by atoms with Gasteiger partial charge >= 0.3 is 5.97 Å². The van der Waals surface area contributed by atoms with E-state index >= 15 is 0 Å². The smallest absolute Gasteiger partial charge is 0.321 e. The number of esters is 1. The monoisotopic (exact) mass is 585 g/mol. The standard InChI is InChI=1S/C22H20ClN3O10S2/c1-36-22(27)14-24(38(34,35)21-8-6-18(25(28)29)13-20(21)26(30)31)9-2-10-37(32,33)19-7-4-15-11-17(23)5-3-16(15)12-19/h3-8,11-13H,2,9-10,14H2,1H3.